The number of fused-ring (bicyclic) bond motifs is 5. The highest BCUT2D eigenvalue weighted by Gasteiger charge is 2.67. The highest BCUT2D eigenvalue weighted by atomic mass is 79.9. The molecule has 3 fully saturated rings. The average molecular weight is 330 g/mol. The first-order valence-electron chi connectivity index (χ1n) is 7.40. The van der Waals surface area contributed by atoms with E-state index in [0.717, 1.165) is 21.9 Å². The lowest BCUT2D eigenvalue weighted by Gasteiger charge is -2.13. The molecule has 3 aliphatic rings. The zero-order chi connectivity index (χ0) is 13.9. The molecule has 102 valence electrons. The fourth-order valence-corrected chi connectivity index (χ4v) is 5.41. The van der Waals surface area contributed by atoms with Crippen molar-refractivity contribution >= 4 is 21.7 Å². The summed E-state index contributed by atoms with van der Waals surface area (Å²) in [6.45, 7) is 0. The van der Waals surface area contributed by atoms with Crippen molar-refractivity contribution in [1.82, 2.24) is 0 Å². The van der Waals surface area contributed by atoms with E-state index >= 15 is 0 Å². The van der Waals surface area contributed by atoms with Crippen LogP contribution in [0.2, 0.25) is 0 Å². The van der Waals surface area contributed by atoms with E-state index in [0.29, 0.717) is 11.8 Å². The van der Waals surface area contributed by atoms with Gasteiger partial charge in [-0.2, -0.15) is 5.26 Å². The molecule has 0 heterocycles. The average Bonchev–Trinajstić information content (AvgIpc) is 2.89. The summed E-state index contributed by atoms with van der Waals surface area (Å²) in [4.78, 5) is 12.8. The predicted molar refractivity (Wildman–Crippen MR) is 78.8 cm³/mol. The maximum Gasteiger partial charge on any atom is 0.158 e. The monoisotopic (exact) mass is 329 g/mol. The van der Waals surface area contributed by atoms with Gasteiger partial charge in [0.25, 0.3) is 0 Å². The van der Waals surface area contributed by atoms with E-state index in [1.807, 2.05) is 24.3 Å². The molecular weight excluding hydrogens is 314 g/mol. The topological polar surface area (TPSA) is 40.9 Å². The third-order valence-electron chi connectivity index (χ3n) is 5.69. The van der Waals surface area contributed by atoms with Gasteiger partial charge in [-0.1, -0.05) is 34.1 Å². The lowest BCUT2D eigenvalue weighted by Crippen LogP contribution is -2.17. The Labute approximate surface area is 127 Å². The van der Waals surface area contributed by atoms with E-state index < -0.39 is 5.92 Å². The molecule has 2 nitrogen and oxygen atoms in total. The molecule has 1 aromatic carbocycles. The summed E-state index contributed by atoms with van der Waals surface area (Å²) in [6.07, 6.45) is 3.95. The molecule has 0 aliphatic heterocycles. The van der Waals surface area contributed by atoms with Crippen molar-refractivity contribution < 1.29 is 4.79 Å². The lowest BCUT2D eigenvalue weighted by atomic mass is 9.89. The largest absolute Gasteiger partial charge is 0.298 e. The molecule has 3 heteroatoms. The number of Topliss-reactive ketones (excluding diaryl/α,β-unsaturated/α-hetero) is 1. The Balaban J connectivity index is 1.60. The van der Waals surface area contributed by atoms with Crippen molar-refractivity contribution in [3.63, 3.8) is 0 Å². The first kappa shape index (κ1) is 12.6. The first-order chi connectivity index (χ1) is 9.72. The van der Waals surface area contributed by atoms with Crippen LogP contribution in [0.3, 0.4) is 0 Å². The van der Waals surface area contributed by atoms with Gasteiger partial charge in [-0.25, -0.2) is 0 Å². The van der Waals surface area contributed by atoms with E-state index in [-0.39, 0.29) is 11.7 Å². The van der Waals surface area contributed by atoms with E-state index in [4.69, 9.17) is 0 Å². The Morgan fingerprint density at radius 3 is 2.50 bits per heavy atom. The van der Waals surface area contributed by atoms with Gasteiger partial charge in [0, 0.05) is 10.4 Å². The number of carbonyl (C=O) groups excluding carboxylic acids is 1. The molecule has 1 aromatic rings. The maximum absolute atomic E-state index is 12.8. The summed E-state index contributed by atoms with van der Waals surface area (Å²) in [5, 5.41) is 9.47. The van der Waals surface area contributed by atoms with Gasteiger partial charge < -0.3 is 0 Å². The number of nitrogens with zero attached hydrogens (tertiary/aromatic N) is 1. The third-order valence-corrected chi connectivity index (χ3v) is 6.42. The molecule has 0 amide bonds. The zero-order valence-corrected chi connectivity index (χ0v) is 12.7. The van der Waals surface area contributed by atoms with Gasteiger partial charge in [0.2, 0.25) is 0 Å². The van der Waals surface area contributed by atoms with Gasteiger partial charge in [0.15, 0.2) is 5.78 Å². The standard InChI is InChI=1S/C17H16BrNO/c18-13-4-2-1-3-11(13)12(8-19)17(20)16-14-9-5-6-10(7-9)15(14)16/h1-4,9-10,12,14-16H,5-7H2. The summed E-state index contributed by atoms with van der Waals surface area (Å²) in [7, 11) is 0. The van der Waals surface area contributed by atoms with Gasteiger partial charge in [-0.05, 0) is 54.6 Å². The molecule has 0 spiro atoms. The summed E-state index contributed by atoms with van der Waals surface area (Å²) < 4.78 is 0.869. The molecule has 0 aromatic heterocycles. The fraction of sp³-hybridized carbons (Fsp3) is 0.529. The molecule has 3 aliphatic carbocycles. The Morgan fingerprint density at radius 1 is 1.25 bits per heavy atom. The normalized spacial score (nSPS) is 38.1. The van der Waals surface area contributed by atoms with Gasteiger partial charge >= 0.3 is 0 Å². The number of carbonyl (C=O) groups is 1. The van der Waals surface area contributed by atoms with Crippen LogP contribution in [0, 0.1) is 40.9 Å². The molecule has 5 unspecified atom stereocenters. The van der Waals surface area contributed by atoms with Crippen LogP contribution in [0.5, 0.6) is 0 Å². The smallest absolute Gasteiger partial charge is 0.158 e. The second-order valence-corrected chi connectivity index (χ2v) is 7.35. The SMILES string of the molecule is N#CC(C(=O)C1C2C3CCC(C3)C12)c1ccccc1Br. The predicted octanol–water partition coefficient (Wildman–Crippen LogP) is 3.92. The van der Waals surface area contributed by atoms with Gasteiger partial charge in [0.05, 0.1) is 6.07 Å². The zero-order valence-electron chi connectivity index (χ0n) is 11.1. The van der Waals surface area contributed by atoms with Crippen molar-refractivity contribution in [1.29, 1.82) is 5.26 Å². The Bertz CT molecular complexity index is 604. The maximum atomic E-state index is 12.8. The Morgan fingerprint density at radius 2 is 1.90 bits per heavy atom. The lowest BCUT2D eigenvalue weighted by molar-refractivity contribution is -0.121. The van der Waals surface area contributed by atoms with Crippen LogP contribution in [-0.2, 0) is 4.79 Å². The summed E-state index contributed by atoms with van der Waals surface area (Å²) in [6, 6.07) is 9.85. The Kier molecular flexibility index (Phi) is 2.79. The molecular formula is C17H16BrNO. The highest BCUT2D eigenvalue weighted by molar-refractivity contribution is 9.10. The highest BCUT2D eigenvalue weighted by Crippen LogP contribution is 2.70. The van der Waals surface area contributed by atoms with Crippen molar-refractivity contribution in [3.8, 4) is 6.07 Å². The van der Waals surface area contributed by atoms with Crippen LogP contribution in [-0.4, -0.2) is 5.78 Å². The molecule has 20 heavy (non-hydrogen) atoms. The van der Waals surface area contributed by atoms with Crippen molar-refractivity contribution in [2.24, 2.45) is 29.6 Å². The van der Waals surface area contributed by atoms with E-state index in [1.54, 1.807) is 0 Å². The molecule has 4 rings (SSSR count). The van der Waals surface area contributed by atoms with Crippen molar-refractivity contribution in [2.45, 2.75) is 25.2 Å². The molecule has 3 saturated carbocycles. The summed E-state index contributed by atoms with van der Waals surface area (Å²) in [5.41, 5.74) is 0.831. The van der Waals surface area contributed by atoms with Crippen LogP contribution < -0.4 is 0 Å². The van der Waals surface area contributed by atoms with Crippen LogP contribution in [0.15, 0.2) is 28.7 Å². The minimum Gasteiger partial charge on any atom is -0.298 e. The number of hydrogen-bond acceptors (Lipinski definition) is 2. The van der Waals surface area contributed by atoms with Crippen LogP contribution in [0.4, 0.5) is 0 Å². The quantitative estimate of drug-likeness (QED) is 0.843. The molecule has 5 atom stereocenters. The molecule has 0 radical (unpaired) electrons. The van der Waals surface area contributed by atoms with Crippen LogP contribution in [0.25, 0.3) is 0 Å². The minimum absolute atomic E-state index is 0.172. The second-order valence-electron chi connectivity index (χ2n) is 6.50. The number of hydrogen-bond donors (Lipinski definition) is 0. The molecule has 0 N–H and O–H groups in total. The molecule has 2 bridgehead atoms. The van der Waals surface area contributed by atoms with E-state index in [1.165, 1.54) is 19.3 Å². The Hall–Kier alpha value is -1.14. The first-order valence-corrected chi connectivity index (χ1v) is 8.19. The van der Waals surface area contributed by atoms with E-state index in [9.17, 15) is 10.1 Å². The van der Waals surface area contributed by atoms with Gasteiger partial charge in [-0.15, -0.1) is 0 Å². The molecule has 0 saturated heterocycles. The number of benzene rings is 1. The van der Waals surface area contributed by atoms with Crippen molar-refractivity contribution in [2.75, 3.05) is 0 Å². The van der Waals surface area contributed by atoms with Gasteiger partial charge in [0.1, 0.15) is 5.92 Å². The second kappa shape index (κ2) is 4.43. The summed E-state index contributed by atoms with van der Waals surface area (Å²) in [5.74, 6) is 2.53. The van der Waals surface area contributed by atoms with Crippen LogP contribution >= 0.6 is 15.9 Å². The number of ketones is 1. The van der Waals surface area contributed by atoms with Crippen molar-refractivity contribution in [3.05, 3.63) is 34.3 Å². The number of nitriles is 1. The van der Waals surface area contributed by atoms with E-state index in [2.05, 4.69) is 22.0 Å². The minimum atomic E-state index is -0.597. The number of rotatable bonds is 3. The van der Waals surface area contributed by atoms with Gasteiger partial charge in [-0.3, -0.25) is 4.79 Å². The summed E-state index contributed by atoms with van der Waals surface area (Å²) >= 11 is 3.47. The third kappa shape index (κ3) is 1.64. The van der Waals surface area contributed by atoms with Crippen LogP contribution in [0.1, 0.15) is 30.7 Å². The number of halogens is 1. The fourth-order valence-electron chi connectivity index (χ4n) is 4.89.